The summed E-state index contributed by atoms with van der Waals surface area (Å²) in [4.78, 5) is 16.6. The van der Waals surface area contributed by atoms with E-state index in [-0.39, 0.29) is 5.88 Å². The Morgan fingerprint density at radius 1 is 0.893 bits per heavy atom. The molecule has 0 aromatic heterocycles. The number of benzene rings is 1. The van der Waals surface area contributed by atoms with Crippen molar-refractivity contribution in [1.29, 1.82) is 0 Å². The van der Waals surface area contributed by atoms with Crippen LogP contribution in [0, 0.1) is 0 Å². The largest absolute Gasteiger partial charge is 0.486 e. The van der Waals surface area contributed by atoms with Gasteiger partial charge in [0.05, 0.1) is 11.8 Å². The van der Waals surface area contributed by atoms with Gasteiger partial charge >= 0.3 is 5.97 Å². The molecule has 28 heavy (non-hydrogen) atoms. The number of hydrogen-bond acceptors (Lipinski definition) is 6. The lowest BCUT2D eigenvalue weighted by Gasteiger charge is -2.18. The van der Waals surface area contributed by atoms with Crippen molar-refractivity contribution in [2.24, 2.45) is 4.99 Å². The van der Waals surface area contributed by atoms with Crippen molar-refractivity contribution >= 4 is 12.2 Å². The van der Waals surface area contributed by atoms with Crippen LogP contribution in [0.3, 0.4) is 0 Å². The lowest BCUT2D eigenvalue weighted by atomic mass is 10.2. The maximum Gasteiger partial charge on any atom is 0.344 e. The van der Waals surface area contributed by atoms with Crippen LogP contribution in [-0.4, -0.2) is 25.4 Å². The second-order valence-electron chi connectivity index (χ2n) is 5.58. The summed E-state index contributed by atoms with van der Waals surface area (Å²) >= 11 is 0. The van der Waals surface area contributed by atoms with Gasteiger partial charge in [-0.25, -0.2) is 4.79 Å². The highest BCUT2D eigenvalue weighted by Crippen LogP contribution is 2.31. The Morgan fingerprint density at radius 3 is 2.36 bits per heavy atom. The standard InChI is InChI=1S/C22H20N2O4/c25-22(18-10-11-19-20(16-18)27-15-14-26-19)28-21-17-23-12-8-6-4-2-1-3-5-7-9-13-24-21/h1-13,16-17,24H,14-15H2. The number of aliphatic imine (C=N–C) groups is 1. The molecule has 0 amide bonds. The van der Waals surface area contributed by atoms with Gasteiger partial charge in [0.25, 0.3) is 0 Å². The third-order valence-corrected chi connectivity index (χ3v) is 3.56. The SMILES string of the molecule is O=C(OC1=CN=CC=CC=CC=CC=CC=CN1)c1ccc2c(c1)OCCO2. The number of carbonyl (C=O) groups excluding carboxylic acids is 1. The molecule has 142 valence electrons. The van der Waals surface area contributed by atoms with Crippen LogP contribution in [0.5, 0.6) is 11.5 Å². The van der Waals surface area contributed by atoms with E-state index in [1.807, 2.05) is 42.5 Å². The second kappa shape index (κ2) is 10.4. The first-order valence-corrected chi connectivity index (χ1v) is 8.76. The Morgan fingerprint density at radius 2 is 1.57 bits per heavy atom. The fourth-order valence-corrected chi connectivity index (χ4v) is 2.27. The molecule has 0 atom stereocenters. The topological polar surface area (TPSA) is 69.2 Å². The number of carbonyl (C=O) groups is 1. The predicted molar refractivity (Wildman–Crippen MR) is 108 cm³/mol. The van der Waals surface area contributed by atoms with E-state index in [1.54, 1.807) is 42.8 Å². The molecular formula is C22H20N2O4. The third-order valence-electron chi connectivity index (χ3n) is 3.56. The zero-order valence-corrected chi connectivity index (χ0v) is 15.2. The molecule has 0 unspecified atom stereocenters. The zero-order valence-electron chi connectivity index (χ0n) is 15.2. The lowest BCUT2D eigenvalue weighted by molar-refractivity contribution is 0.0606. The van der Waals surface area contributed by atoms with E-state index in [4.69, 9.17) is 14.2 Å². The first-order valence-electron chi connectivity index (χ1n) is 8.76. The summed E-state index contributed by atoms with van der Waals surface area (Å²) in [5, 5.41) is 2.90. The molecule has 1 aromatic carbocycles. The molecule has 0 spiro atoms. The van der Waals surface area contributed by atoms with Crippen LogP contribution in [0.25, 0.3) is 0 Å². The predicted octanol–water partition coefficient (Wildman–Crippen LogP) is 3.83. The third kappa shape index (κ3) is 5.88. The van der Waals surface area contributed by atoms with Crippen molar-refractivity contribution in [3.8, 4) is 11.5 Å². The van der Waals surface area contributed by atoms with Crippen LogP contribution >= 0.6 is 0 Å². The molecule has 2 aliphatic rings. The Bertz CT molecular complexity index is 905. The Balaban J connectivity index is 1.73. The van der Waals surface area contributed by atoms with Gasteiger partial charge in [-0.3, -0.25) is 4.99 Å². The minimum absolute atomic E-state index is 0.190. The fraction of sp³-hybridized carbons (Fsp3) is 0.0909. The number of allylic oxidation sites excluding steroid dienone is 9. The van der Waals surface area contributed by atoms with Crippen molar-refractivity contribution in [2.45, 2.75) is 0 Å². The van der Waals surface area contributed by atoms with E-state index in [0.717, 1.165) is 0 Å². The molecule has 6 nitrogen and oxygen atoms in total. The van der Waals surface area contributed by atoms with Gasteiger partial charge < -0.3 is 19.5 Å². The van der Waals surface area contributed by atoms with Gasteiger partial charge in [0.1, 0.15) is 13.2 Å². The molecule has 0 saturated heterocycles. The Kier molecular flexibility index (Phi) is 7.03. The van der Waals surface area contributed by atoms with Crippen molar-refractivity contribution < 1.29 is 19.0 Å². The van der Waals surface area contributed by atoms with E-state index < -0.39 is 5.97 Å². The van der Waals surface area contributed by atoms with E-state index >= 15 is 0 Å². The number of ether oxygens (including phenoxy) is 3. The molecule has 6 heteroatoms. The molecule has 0 aliphatic carbocycles. The van der Waals surface area contributed by atoms with Crippen LogP contribution in [-0.2, 0) is 4.74 Å². The van der Waals surface area contributed by atoms with Crippen molar-refractivity contribution in [2.75, 3.05) is 13.2 Å². The molecule has 0 bridgehead atoms. The number of nitrogens with one attached hydrogen (secondary N) is 1. The summed E-state index contributed by atoms with van der Waals surface area (Å²) in [7, 11) is 0. The fourth-order valence-electron chi connectivity index (χ4n) is 2.27. The summed E-state index contributed by atoms with van der Waals surface area (Å²) in [6, 6.07) is 4.93. The molecular weight excluding hydrogens is 356 g/mol. The maximum atomic E-state index is 12.5. The molecule has 2 heterocycles. The van der Waals surface area contributed by atoms with E-state index in [2.05, 4.69) is 10.3 Å². The van der Waals surface area contributed by atoms with E-state index in [0.29, 0.717) is 30.3 Å². The van der Waals surface area contributed by atoms with Gasteiger partial charge in [-0.15, -0.1) is 0 Å². The number of nitrogens with zero attached hydrogens (tertiary/aromatic N) is 1. The number of fused-ring (bicyclic) bond motifs is 1. The first kappa shape index (κ1) is 19.0. The second-order valence-corrected chi connectivity index (χ2v) is 5.58. The van der Waals surface area contributed by atoms with Crippen molar-refractivity contribution in [3.63, 3.8) is 0 Å². The molecule has 0 fully saturated rings. The molecule has 1 aromatic rings. The summed E-state index contributed by atoms with van der Waals surface area (Å²) in [5.41, 5.74) is 0.353. The average Bonchev–Trinajstić information content (AvgIpc) is 2.73. The highest BCUT2D eigenvalue weighted by atomic mass is 16.6. The molecule has 0 radical (unpaired) electrons. The lowest BCUT2D eigenvalue weighted by Crippen LogP contribution is -2.17. The van der Waals surface area contributed by atoms with Crippen LogP contribution in [0.1, 0.15) is 10.4 Å². The number of esters is 1. The summed E-state index contributed by atoms with van der Waals surface area (Å²) < 4.78 is 16.4. The Labute approximate surface area is 163 Å². The van der Waals surface area contributed by atoms with Crippen LogP contribution in [0.2, 0.25) is 0 Å². The Hall–Kier alpha value is -3.80. The quantitative estimate of drug-likeness (QED) is 0.795. The van der Waals surface area contributed by atoms with E-state index in [1.165, 1.54) is 6.20 Å². The highest BCUT2D eigenvalue weighted by Gasteiger charge is 2.16. The van der Waals surface area contributed by atoms with Gasteiger partial charge in [0.2, 0.25) is 5.88 Å². The van der Waals surface area contributed by atoms with Gasteiger partial charge in [0.15, 0.2) is 11.5 Å². The monoisotopic (exact) mass is 376 g/mol. The molecule has 2 aliphatic heterocycles. The van der Waals surface area contributed by atoms with Crippen LogP contribution in [0.4, 0.5) is 0 Å². The van der Waals surface area contributed by atoms with Crippen LogP contribution in [0.15, 0.2) is 96.2 Å². The number of rotatable bonds is 2. The highest BCUT2D eigenvalue weighted by molar-refractivity contribution is 5.91. The summed E-state index contributed by atoms with van der Waals surface area (Å²) in [5.74, 6) is 0.798. The van der Waals surface area contributed by atoms with Gasteiger partial charge in [-0.1, -0.05) is 42.5 Å². The van der Waals surface area contributed by atoms with Crippen molar-refractivity contribution in [1.82, 2.24) is 5.32 Å². The minimum atomic E-state index is -0.533. The molecule has 3 rings (SSSR count). The summed E-state index contributed by atoms with van der Waals surface area (Å²) in [6.45, 7) is 0.940. The van der Waals surface area contributed by atoms with Gasteiger partial charge in [0, 0.05) is 12.4 Å². The first-order chi connectivity index (χ1) is 13.8. The molecule has 1 N–H and O–H groups in total. The number of hydrogen-bond donors (Lipinski definition) is 1. The van der Waals surface area contributed by atoms with E-state index in [9.17, 15) is 4.79 Å². The zero-order chi connectivity index (χ0) is 19.4. The maximum absolute atomic E-state index is 12.5. The smallest absolute Gasteiger partial charge is 0.344 e. The van der Waals surface area contributed by atoms with Crippen molar-refractivity contribution in [3.05, 3.63) is 96.7 Å². The minimum Gasteiger partial charge on any atom is -0.486 e. The van der Waals surface area contributed by atoms with Crippen LogP contribution < -0.4 is 14.8 Å². The average molecular weight is 376 g/mol. The van der Waals surface area contributed by atoms with Gasteiger partial charge in [-0.2, -0.15) is 0 Å². The normalized spacial score (nSPS) is 15.9. The summed E-state index contributed by atoms with van der Waals surface area (Å²) in [6.07, 6.45) is 21.4. The molecule has 0 saturated carbocycles. The van der Waals surface area contributed by atoms with Gasteiger partial charge in [-0.05, 0) is 30.4 Å².